The number of hydrogen-bond donors (Lipinski definition) is 2. The molecule has 1 aliphatic carbocycles. The van der Waals surface area contributed by atoms with Gasteiger partial charge in [-0.3, -0.25) is 4.79 Å². The van der Waals surface area contributed by atoms with Crippen LogP contribution in [0.25, 0.3) is 4.91 Å². The first-order chi connectivity index (χ1) is 16.4. The number of hydrogen-bond acceptors (Lipinski definition) is 4. The number of nitrogens with zero attached hydrogens (tertiary/aromatic N) is 1. The minimum Gasteiger partial charge on any atom is -0.497 e. The highest BCUT2D eigenvalue weighted by Gasteiger charge is 2.44. The van der Waals surface area contributed by atoms with Gasteiger partial charge in [-0.15, -0.1) is 11.8 Å². The van der Waals surface area contributed by atoms with Crippen molar-refractivity contribution in [3.8, 4) is 5.75 Å². The lowest BCUT2D eigenvalue weighted by atomic mass is 9.81. The van der Waals surface area contributed by atoms with Crippen LogP contribution in [0.4, 0.5) is 5.69 Å². The summed E-state index contributed by atoms with van der Waals surface area (Å²) in [6, 6.07) is 14.5. The summed E-state index contributed by atoms with van der Waals surface area (Å²) in [6.45, 7) is 4.96. The smallest absolute Gasteiger partial charge is 0.309 e. The SMILES string of the molecule is COc1ccc2c(c1)CCC(/C=C/C1=[N+](CCC(=O)O)c3ccccc3C1(C)C)=C2SCCO. The Balaban J connectivity index is 1.77. The molecule has 34 heavy (non-hydrogen) atoms. The van der Waals surface area contributed by atoms with Gasteiger partial charge in [-0.25, -0.2) is 0 Å². The van der Waals surface area contributed by atoms with E-state index in [1.54, 1.807) is 18.9 Å². The molecule has 0 saturated heterocycles. The van der Waals surface area contributed by atoms with E-state index in [0.29, 0.717) is 12.3 Å². The van der Waals surface area contributed by atoms with E-state index in [1.807, 2.05) is 18.2 Å². The average molecular weight is 479 g/mol. The molecule has 0 bridgehead atoms. The Morgan fingerprint density at radius 2 is 1.97 bits per heavy atom. The molecule has 4 rings (SSSR count). The van der Waals surface area contributed by atoms with Gasteiger partial charge >= 0.3 is 5.97 Å². The van der Waals surface area contributed by atoms with E-state index in [2.05, 4.69) is 54.8 Å². The topological polar surface area (TPSA) is 69.8 Å². The third-order valence-corrected chi connectivity index (χ3v) is 7.80. The Morgan fingerprint density at radius 3 is 2.71 bits per heavy atom. The number of thioether (sulfide) groups is 1. The van der Waals surface area contributed by atoms with Crippen molar-refractivity contribution in [1.29, 1.82) is 0 Å². The van der Waals surface area contributed by atoms with Gasteiger partial charge in [0.05, 0.1) is 19.1 Å². The van der Waals surface area contributed by atoms with Crippen molar-refractivity contribution in [1.82, 2.24) is 0 Å². The van der Waals surface area contributed by atoms with Gasteiger partial charge in [0.15, 0.2) is 12.3 Å². The highest BCUT2D eigenvalue weighted by Crippen LogP contribution is 2.42. The highest BCUT2D eigenvalue weighted by atomic mass is 32.2. The summed E-state index contributed by atoms with van der Waals surface area (Å²) in [5.74, 6) is 0.700. The standard InChI is InChI=1S/C28H31NO4S/c1-28(2)23-6-4-5-7-24(23)29(15-14-26(31)32)25(28)13-10-19-8-9-20-18-21(33-3)11-12-22(20)27(19)34-17-16-30/h4-7,10-13,18,30H,8-9,14-17H2,1-3H3/p+1/b13-10+. The predicted molar refractivity (Wildman–Crippen MR) is 138 cm³/mol. The van der Waals surface area contributed by atoms with Gasteiger partial charge in [0, 0.05) is 28.4 Å². The summed E-state index contributed by atoms with van der Waals surface area (Å²) in [5.41, 5.74) is 6.88. The van der Waals surface area contributed by atoms with E-state index in [0.717, 1.165) is 30.0 Å². The van der Waals surface area contributed by atoms with Crippen molar-refractivity contribution in [3.63, 3.8) is 0 Å². The Morgan fingerprint density at radius 1 is 1.18 bits per heavy atom. The maximum Gasteiger partial charge on any atom is 0.309 e. The van der Waals surface area contributed by atoms with Crippen molar-refractivity contribution < 1.29 is 24.3 Å². The van der Waals surface area contributed by atoms with Gasteiger partial charge in [-0.05, 0) is 61.6 Å². The lowest BCUT2D eigenvalue weighted by Gasteiger charge is -2.22. The second kappa shape index (κ2) is 10.2. The maximum absolute atomic E-state index is 11.4. The molecule has 2 N–H and O–H groups in total. The summed E-state index contributed by atoms with van der Waals surface area (Å²) in [6.07, 6.45) is 6.28. The number of carbonyl (C=O) groups is 1. The molecule has 0 atom stereocenters. The van der Waals surface area contributed by atoms with E-state index < -0.39 is 5.97 Å². The predicted octanol–water partition coefficient (Wildman–Crippen LogP) is 5.19. The molecular formula is C28H32NO4S+. The Bertz CT molecular complexity index is 1190. The fourth-order valence-corrected chi connectivity index (χ4v) is 5.93. The van der Waals surface area contributed by atoms with Gasteiger partial charge in [0.25, 0.3) is 0 Å². The van der Waals surface area contributed by atoms with Crippen molar-refractivity contribution in [2.24, 2.45) is 0 Å². The zero-order chi connectivity index (χ0) is 24.3. The second-order valence-corrected chi connectivity index (χ2v) is 10.2. The minimum atomic E-state index is -0.796. The molecule has 0 saturated carbocycles. The molecule has 0 fully saturated rings. The van der Waals surface area contributed by atoms with Crippen molar-refractivity contribution >= 4 is 34.0 Å². The van der Waals surface area contributed by atoms with Crippen LogP contribution in [0, 0.1) is 0 Å². The highest BCUT2D eigenvalue weighted by molar-refractivity contribution is 8.08. The first-order valence-electron chi connectivity index (χ1n) is 11.6. The fourth-order valence-electron chi connectivity index (χ4n) is 4.93. The van der Waals surface area contributed by atoms with E-state index in [-0.39, 0.29) is 18.4 Å². The van der Waals surface area contributed by atoms with Crippen LogP contribution in [0.5, 0.6) is 5.75 Å². The Kier molecular flexibility index (Phi) is 7.29. The number of para-hydroxylation sites is 1. The number of allylic oxidation sites excluding steroid dienone is 3. The number of fused-ring (bicyclic) bond motifs is 2. The van der Waals surface area contributed by atoms with Crippen LogP contribution in [0.2, 0.25) is 0 Å². The fraction of sp³-hybridized carbons (Fsp3) is 0.357. The number of carboxylic acids is 1. The summed E-state index contributed by atoms with van der Waals surface area (Å²) >= 11 is 1.68. The van der Waals surface area contributed by atoms with Gasteiger partial charge in [0.2, 0.25) is 5.69 Å². The zero-order valence-electron chi connectivity index (χ0n) is 20.0. The molecule has 0 unspecified atom stereocenters. The molecule has 0 spiro atoms. The molecule has 5 nitrogen and oxygen atoms in total. The van der Waals surface area contributed by atoms with Crippen LogP contribution in [-0.2, 0) is 16.6 Å². The van der Waals surface area contributed by atoms with Gasteiger partial charge in [-0.1, -0.05) is 24.3 Å². The number of methoxy groups -OCH3 is 1. The first kappa shape index (κ1) is 24.3. The lowest BCUT2D eigenvalue weighted by molar-refractivity contribution is -0.436. The van der Waals surface area contributed by atoms with E-state index in [1.165, 1.54) is 27.2 Å². The van der Waals surface area contributed by atoms with Gasteiger partial charge in [-0.2, -0.15) is 4.58 Å². The third-order valence-electron chi connectivity index (χ3n) is 6.64. The van der Waals surface area contributed by atoms with E-state index in [9.17, 15) is 15.0 Å². The van der Waals surface area contributed by atoms with E-state index >= 15 is 0 Å². The molecule has 0 radical (unpaired) electrons. The Labute approximate surface area is 205 Å². The van der Waals surface area contributed by atoms with Gasteiger partial charge < -0.3 is 14.9 Å². The van der Waals surface area contributed by atoms with Crippen molar-refractivity contribution in [2.45, 2.75) is 38.5 Å². The summed E-state index contributed by atoms with van der Waals surface area (Å²) < 4.78 is 7.57. The summed E-state index contributed by atoms with van der Waals surface area (Å²) in [5, 5.41) is 18.8. The minimum absolute atomic E-state index is 0.0806. The number of aliphatic carboxylic acids is 1. The van der Waals surface area contributed by atoms with Crippen molar-refractivity contribution in [3.05, 3.63) is 76.9 Å². The van der Waals surface area contributed by atoms with Gasteiger partial charge in [0.1, 0.15) is 12.2 Å². The maximum atomic E-state index is 11.4. The van der Waals surface area contributed by atoms with Crippen LogP contribution in [0.3, 0.4) is 0 Å². The molecule has 6 heteroatoms. The normalized spacial score (nSPS) is 16.7. The molecule has 2 aliphatic rings. The molecule has 2 aromatic carbocycles. The van der Waals surface area contributed by atoms with Crippen LogP contribution >= 0.6 is 11.8 Å². The number of aryl methyl sites for hydroxylation is 1. The van der Waals surface area contributed by atoms with Crippen LogP contribution < -0.4 is 4.74 Å². The number of ether oxygens (including phenoxy) is 1. The number of aliphatic hydroxyl groups excluding tert-OH is 1. The Hall–Kier alpha value is -2.83. The zero-order valence-corrected chi connectivity index (χ0v) is 20.8. The first-order valence-corrected chi connectivity index (χ1v) is 12.6. The number of rotatable bonds is 9. The summed E-state index contributed by atoms with van der Waals surface area (Å²) in [4.78, 5) is 12.5. The molecule has 1 heterocycles. The second-order valence-electron chi connectivity index (χ2n) is 9.11. The largest absolute Gasteiger partial charge is 0.497 e. The lowest BCUT2D eigenvalue weighted by Crippen LogP contribution is -2.28. The molecular weight excluding hydrogens is 446 g/mol. The molecule has 0 amide bonds. The summed E-state index contributed by atoms with van der Waals surface area (Å²) in [7, 11) is 1.69. The molecule has 178 valence electrons. The monoisotopic (exact) mass is 478 g/mol. The molecule has 0 aromatic heterocycles. The van der Waals surface area contributed by atoms with Crippen LogP contribution in [0.1, 0.15) is 43.4 Å². The number of benzene rings is 2. The molecule has 2 aromatic rings. The number of aliphatic hydroxyl groups is 1. The molecule has 1 aliphatic heterocycles. The van der Waals surface area contributed by atoms with E-state index in [4.69, 9.17) is 4.74 Å². The quantitative estimate of drug-likeness (QED) is 0.486. The third kappa shape index (κ3) is 4.70. The van der Waals surface area contributed by atoms with Crippen LogP contribution in [-0.4, -0.2) is 52.5 Å². The van der Waals surface area contributed by atoms with Crippen LogP contribution in [0.15, 0.2) is 60.2 Å². The average Bonchev–Trinajstić information content (AvgIpc) is 3.05. The number of carboxylic acid groups (broad SMARTS) is 1. The van der Waals surface area contributed by atoms with Crippen molar-refractivity contribution in [2.75, 3.05) is 26.0 Å².